The van der Waals surface area contributed by atoms with E-state index in [4.69, 9.17) is 4.74 Å². The minimum absolute atomic E-state index is 0.160. The summed E-state index contributed by atoms with van der Waals surface area (Å²) in [5.74, 6) is 0.195. The lowest BCUT2D eigenvalue weighted by molar-refractivity contribution is -0.137. The molecule has 2 aliphatic rings. The Balaban J connectivity index is 2.10. The maximum absolute atomic E-state index is 11.2. The van der Waals surface area contributed by atoms with Crippen molar-refractivity contribution in [2.75, 3.05) is 7.11 Å². The molecule has 0 heterocycles. The zero-order valence-electron chi connectivity index (χ0n) is 12.1. The minimum Gasteiger partial charge on any atom is -0.496 e. The van der Waals surface area contributed by atoms with E-state index in [0.717, 1.165) is 31.4 Å². The molecule has 0 aliphatic heterocycles. The lowest BCUT2D eigenvalue weighted by atomic mass is 9.84. The third-order valence-corrected chi connectivity index (χ3v) is 4.84. The molecular formula is C17H22O3. The third-order valence-electron chi connectivity index (χ3n) is 4.84. The zero-order valence-corrected chi connectivity index (χ0v) is 12.1. The van der Waals surface area contributed by atoms with E-state index in [1.165, 1.54) is 36.0 Å². The van der Waals surface area contributed by atoms with Crippen LogP contribution in [0.1, 0.15) is 55.2 Å². The standard InChI is InChI=1S/C17H22O3/c1-20-14-8-7-12-5-3-2-4-6-13(12)16(14)17(9-10-17)11-15(18)19/h7-8H,2-6,9-11H2,1H3,(H,18,19). The number of rotatable bonds is 4. The Labute approximate surface area is 120 Å². The highest BCUT2D eigenvalue weighted by Crippen LogP contribution is 2.56. The molecule has 0 radical (unpaired) electrons. The molecule has 1 saturated carbocycles. The van der Waals surface area contributed by atoms with Gasteiger partial charge in [0.15, 0.2) is 0 Å². The van der Waals surface area contributed by atoms with Crippen LogP contribution in [0.3, 0.4) is 0 Å². The van der Waals surface area contributed by atoms with Crippen molar-refractivity contribution in [2.45, 2.75) is 56.8 Å². The SMILES string of the molecule is COc1ccc2c(c1C1(CC(=O)O)CC1)CCCCC2. The summed E-state index contributed by atoms with van der Waals surface area (Å²) in [5, 5.41) is 9.23. The molecule has 0 spiro atoms. The minimum atomic E-state index is -0.698. The number of methoxy groups -OCH3 is 1. The molecule has 108 valence electrons. The van der Waals surface area contributed by atoms with Crippen molar-refractivity contribution in [3.05, 3.63) is 28.8 Å². The van der Waals surface area contributed by atoms with Crippen LogP contribution < -0.4 is 4.74 Å². The number of aryl methyl sites for hydroxylation is 1. The van der Waals surface area contributed by atoms with Crippen molar-refractivity contribution in [2.24, 2.45) is 0 Å². The van der Waals surface area contributed by atoms with Gasteiger partial charge < -0.3 is 9.84 Å². The second-order valence-electron chi connectivity index (χ2n) is 6.19. The molecule has 20 heavy (non-hydrogen) atoms. The summed E-state index contributed by atoms with van der Waals surface area (Å²) >= 11 is 0. The Bertz CT molecular complexity index is 529. The number of benzene rings is 1. The van der Waals surface area contributed by atoms with Gasteiger partial charge in [0.25, 0.3) is 0 Å². The van der Waals surface area contributed by atoms with Gasteiger partial charge in [-0.3, -0.25) is 4.79 Å². The second-order valence-corrected chi connectivity index (χ2v) is 6.19. The Morgan fingerprint density at radius 1 is 1.25 bits per heavy atom. The van der Waals surface area contributed by atoms with E-state index in [-0.39, 0.29) is 11.8 Å². The highest BCUT2D eigenvalue weighted by Gasteiger charge is 2.49. The predicted molar refractivity (Wildman–Crippen MR) is 77.4 cm³/mol. The molecule has 0 aromatic heterocycles. The predicted octanol–water partition coefficient (Wildman–Crippen LogP) is 3.47. The fourth-order valence-corrected chi connectivity index (χ4v) is 3.69. The van der Waals surface area contributed by atoms with Gasteiger partial charge >= 0.3 is 5.97 Å². The Morgan fingerprint density at radius 3 is 2.65 bits per heavy atom. The number of carboxylic acid groups (broad SMARTS) is 1. The van der Waals surface area contributed by atoms with Crippen LogP contribution in [0, 0.1) is 0 Å². The van der Waals surface area contributed by atoms with Crippen molar-refractivity contribution in [3.63, 3.8) is 0 Å². The van der Waals surface area contributed by atoms with E-state index in [2.05, 4.69) is 6.07 Å². The molecule has 1 aromatic carbocycles. The quantitative estimate of drug-likeness (QED) is 0.855. The van der Waals surface area contributed by atoms with Gasteiger partial charge in [-0.1, -0.05) is 12.5 Å². The highest BCUT2D eigenvalue weighted by atomic mass is 16.5. The Hall–Kier alpha value is -1.51. The first-order chi connectivity index (χ1) is 9.66. The molecule has 1 aromatic rings. The number of hydrogen-bond acceptors (Lipinski definition) is 2. The monoisotopic (exact) mass is 274 g/mol. The van der Waals surface area contributed by atoms with Crippen LogP contribution in [0.5, 0.6) is 5.75 Å². The van der Waals surface area contributed by atoms with E-state index < -0.39 is 5.97 Å². The van der Waals surface area contributed by atoms with E-state index >= 15 is 0 Å². The van der Waals surface area contributed by atoms with Crippen LogP contribution >= 0.6 is 0 Å². The average Bonchev–Trinajstić information content (AvgIpc) is 3.20. The van der Waals surface area contributed by atoms with Crippen LogP contribution in [0.25, 0.3) is 0 Å². The van der Waals surface area contributed by atoms with Crippen LogP contribution in [-0.4, -0.2) is 18.2 Å². The summed E-state index contributed by atoms with van der Waals surface area (Å²) in [7, 11) is 1.69. The van der Waals surface area contributed by atoms with Crippen molar-refractivity contribution in [3.8, 4) is 5.75 Å². The second kappa shape index (κ2) is 5.12. The molecule has 3 rings (SSSR count). The summed E-state index contributed by atoms with van der Waals surface area (Å²) in [4.78, 5) is 11.2. The van der Waals surface area contributed by atoms with Crippen LogP contribution in [0.2, 0.25) is 0 Å². The first-order valence-corrected chi connectivity index (χ1v) is 7.57. The van der Waals surface area contributed by atoms with E-state index in [1.807, 2.05) is 6.07 Å². The van der Waals surface area contributed by atoms with E-state index in [0.29, 0.717) is 0 Å². The third kappa shape index (κ3) is 2.30. The Morgan fingerprint density at radius 2 is 2.00 bits per heavy atom. The zero-order chi connectivity index (χ0) is 14.2. The Kier molecular flexibility index (Phi) is 3.45. The maximum Gasteiger partial charge on any atom is 0.304 e. The van der Waals surface area contributed by atoms with Gasteiger partial charge in [0.2, 0.25) is 0 Å². The first kappa shape index (κ1) is 13.5. The number of carbonyl (C=O) groups is 1. The number of aliphatic carboxylic acids is 1. The average molecular weight is 274 g/mol. The molecular weight excluding hydrogens is 252 g/mol. The summed E-state index contributed by atoms with van der Waals surface area (Å²) in [5.41, 5.74) is 3.85. The lowest BCUT2D eigenvalue weighted by Gasteiger charge is -2.23. The van der Waals surface area contributed by atoms with Crippen molar-refractivity contribution in [1.82, 2.24) is 0 Å². The van der Waals surface area contributed by atoms with Crippen molar-refractivity contribution in [1.29, 1.82) is 0 Å². The lowest BCUT2D eigenvalue weighted by Crippen LogP contribution is -2.17. The van der Waals surface area contributed by atoms with Gasteiger partial charge in [-0.05, 0) is 55.7 Å². The highest BCUT2D eigenvalue weighted by molar-refractivity contribution is 5.71. The van der Waals surface area contributed by atoms with Crippen LogP contribution in [0.4, 0.5) is 0 Å². The van der Waals surface area contributed by atoms with E-state index in [1.54, 1.807) is 7.11 Å². The molecule has 0 saturated heterocycles. The van der Waals surface area contributed by atoms with Crippen molar-refractivity contribution >= 4 is 5.97 Å². The largest absolute Gasteiger partial charge is 0.496 e. The van der Waals surface area contributed by atoms with E-state index in [9.17, 15) is 9.90 Å². The summed E-state index contributed by atoms with van der Waals surface area (Å²) in [6.07, 6.45) is 8.10. The molecule has 0 amide bonds. The molecule has 0 atom stereocenters. The number of carboxylic acids is 1. The number of hydrogen-bond donors (Lipinski definition) is 1. The fourth-order valence-electron chi connectivity index (χ4n) is 3.69. The molecule has 0 bridgehead atoms. The van der Waals surface area contributed by atoms with Crippen LogP contribution in [-0.2, 0) is 23.1 Å². The molecule has 0 unspecified atom stereocenters. The summed E-state index contributed by atoms with van der Waals surface area (Å²) in [6, 6.07) is 4.22. The van der Waals surface area contributed by atoms with Gasteiger partial charge in [-0.15, -0.1) is 0 Å². The topological polar surface area (TPSA) is 46.5 Å². The summed E-state index contributed by atoms with van der Waals surface area (Å²) < 4.78 is 5.57. The summed E-state index contributed by atoms with van der Waals surface area (Å²) in [6.45, 7) is 0. The fraction of sp³-hybridized carbons (Fsp3) is 0.588. The molecule has 3 nitrogen and oxygen atoms in total. The maximum atomic E-state index is 11.2. The molecule has 1 fully saturated rings. The van der Waals surface area contributed by atoms with Crippen molar-refractivity contribution < 1.29 is 14.6 Å². The smallest absolute Gasteiger partial charge is 0.304 e. The first-order valence-electron chi connectivity index (χ1n) is 7.57. The van der Waals surface area contributed by atoms with Gasteiger partial charge in [-0.2, -0.15) is 0 Å². The number of fused-ring (bicyclic) bond motifs is 1. The normalized spacial score (nSPS) is 19.9. The number of ether oxygens (including phenoxy) is 1. The molecule has 2 aliphatic carbocycles. The van der Waals surface area contributed by atoms with Gasteiger partial charge in [0.05, 0.1) is 13.5 Å². The van der Waals surface area contributed by atoms with Gasteiger partial charge in [0.1, 0.15) is 5.75 Å². The van der Waals surface area contributed by atoms with Gasteiger partial charge in [0, 0.05) is 11.0 Å². The van der Waals surface area contributed by atoms with Gasteiger partial charge in [-0.25, -0.2) is 0 Å². The molecule has 1 N–H and O–H groups in total. The van der Waals surface area contributed by atoms with Crippen LogP contribution in [0.15, 0.2) is 12.1 Å². The molecule has 3 heteroatoms.